The Hall–Kier alpha value is -1.54. The van der Waals surface area contributed by atoms with Crippen molar-refractivity contribution in [2.75, 3.05) is 19.0 Å². The van der Waals surface area contributed by atoms with Gasteiger partial charge in [-0.25, -0.2) is 9.59 Å². The summed E-state index contributed by atoms with van der Waals surface area (Å²) in [4.78, 5) is 24.3. The highest BCUT2D eigenvalue weighted by Gasteiger charge is 2.34. The van der Waals surface area contributed by atoms with Gasteiger partial charge >= 0.3 is 12.0 Å². The van der Waals surface area contributed by atoms with E-state index in [1.54, 1.807) is 32.2 Å². The number of amides is 2. The molecule has 0 saturated heterocycles. The predicted molar refractivity (Wildman–Crippen MR) is 92.6 cm³/mol. The normalized spacial score (nSPS) is 17.4. The molecular weight excluding hydrogens is 432 g/mol. The van der Waals surface area contributed by atoms with E-state index in [9.17, 15) is 9.59 Å². The van der Waals surface area contributed by atoms with E-state index >= 15 is 0 Å². The molecule has 0 bridgehead atoms. The van der Waals surface area contributed by atoms with Gasteiger partial charge in [-0.05, 0) is 30.7 Å². The molecule has 0 fully saturated rings. The number of methoxy groups -OCH3 is 1. The molecule has 2 N–H and O–H groups in total. The van der Waals surface area contributed by atoms with Gasteiger partial charge in [-0.1, -0.05) is 31.9 Å². The van der Waals surface area contributed by atoms with Crippen LogP contribution in [0.25, 0.3) is 0 Å². The van der Waals surface area contributed by atoms with Crippen LogP contribution in [0.4, 0.5) is 4.79 Å². The summed E-state index contributed by atoms with van der Waals surface area (Å²) in [7, 11) is 1.56. The Morgan fingerprint density at radius 3 is 2.74 bits per heavy atom. The summed E-state index contributed by atoms with van der Waals surface area (Å²) in [5.41, 5.74) is 1.55. The minimum absolute atomic E-state index is 0.248. The lowest BCUT2D eigenvalue weighted by Gasteiger charge is -2.29. The van der Waals surface area contributed by atoms with Crippen molar-refractivity contribution in [1.29, 1.82) is 0 Å². The van der Waals surface area contributed by atoms with Gasteiger partial charge in [0.2, 0.25) is 0 Å². The summed E-state index contributed by atoms with van der Waals surface area (Å²) in [5.74, 6) is 0.147. The lowest BCUT2D eigenvalue weighted by molar-refractivity contribution is -0.139. The van der Waals surface area contributed by atoms with Crippen molar-refractivity contribution in [2.45, 2.75) is 13.0 Å². The van der Waals surface area contributed by atoms with Crippen molar-refractivity contribution in [3.05, 3.63) is 39.5 Å². The Balaban J connectivity index is 2.56. The number of hydrogen-bond donors (Lipinski definition) is 2. The number of nitrogens with one attached hydrogen (secondary N) is 2. The third-order valence-corrected chi connectivity index (χ3v) is 4.58. The molecule has 1 aliphatic rings. The Morgan fingerprint density at radius 1 is 1.39 bits per heavy atom. The number of halogens is 2. The highest BCUT2D eigenvalue weighted by atomic mass is 79.9. The maximum atomic E-state index is 12.4. The number of ether oxygens (including phenoxy) is 2. The average molecular weight is 448 g/mol. The number of carbonyl (C=O) groups excluding carboxylic acids is 2. The van der Waals surface area contributed by atoms with E-state index in [-0.39, 0.29) is 12.6 Å². The zero-order chi connectivity index (χ0) is 17.0. The van der Waals surface area contributed by atoms with Crippen molar-refractivity contribution in [3.63, 3.8) is 0 Å². The molecule has 1 aromatic rings. The zero-order valence-electron chi connectivity index (χ0n) is 12.6. The van der Waals surface area contributed by atoms with Crippen LogP contribution in [-0.2, 0) is 9.53 Å². The monoisotopic (exact) mass is 446 g/mol. The van der Waals surface area contributed by atoms with Crippen LogP contribution in [0.2, 0.25) is 0 Å². The minimum Gasteiger partial charge on any atom is -0.497 e. The minimum atomic E-state index is -0.639. The Kier molecular flexibility index (Phi) is 6.06. The second kappa shape index (κ2) is 7.83. The lowest BCUT2D eigenvalue weighted by atomic mass is 9.95. The molecule has 1 aliphatic heterocycles. The first-order valence-corrected chi connectivity index (χ1v) is 8.80. The molecule has 6 nitrogen and oxygen atoms in total. The summed E-state index contributed by atoms with van der Waals surface area (Å²) < 4.78 is 11.1. The number of rotatable bonds is 5. The second-order valence-electron chi connectivity index (χ2n) is 4.67. The highest BCUT2D eigenvalue weighted by Crippen LogP contribution is 2.35. The van der Waals surface area contributed by atoms with Crippen molar-refractivity contribution in [2.24, 2.45) is 0 Å². The van der Waals surface area contributed by atoms with Crippen molar-refractivity contribution >= 4 is 43.9 Å². The molecular formula is C15H16Br2N2O4. The molecule has 0 unspecified atom stereocenters. The van der Waals surface area contributed by atoms with E-state index in [0.717, 1.165) is 4.47 Å². The van der Waals surface area contributed by atoms with Gasteiger partial charge in [0.1, 0.15) is 5.75 Å². The van der Waals surface area contributed by atoms with Gasteiger partial charge in [-0.2, -0.15) is 0 Å². The summed E-state index contributed by atoms with van der Waals surface area (Å²) in [5, 5.41) is 5.73. The van der Waals surface area contributed by atoms with E-state index in [2.05, 4.69) is 42.5 Å². The molecule has 23 heavy (non-hydrogen) atoms. The first kappa shape index (κ1) is 17.8. The van der Waals surface area contributed by atoms with Crippen LogP contribution in [0, 0.1) is 0 Å². The van der Waals surface area contributed by atoms with Crippen LogP contribution in [0.5, 0.6) is 5.75 Å². The molecule has 124 valence electrons. The fourth-order valence-electron chi connectivity index (χ4n) is 2.28. The number of urea groups is 1. The second-order valence-corrected chi connectivity index (χ2v) is 6.08. The SMILES string of the molecule is CCOC(=O)C1=C(CBr)NC(=O)N[C@@H]1c1cc(OC)ccc1Br. The molecule has 0 saturated carbocycles. The quantitative estimate of drug-likeness (QED) is 0.537. The predicted octanol–water partition coefficient (Wildman–Crippen LogP) is 3.02. The number of benzene rings is 1. The van der Waals surface area contributed by atoms with Gasteiger partial charge in [0.05, 0.1) is 25.3 Å². The van der Waals surface area contributed by atoms with Gasteiger partial charge in [0.15, 0.2) is 0 Å². The largest absolute Gasteiger partial charge is 0.497 e. The molecule has 1 heterocycles. The van der Waals surface area contributed by atoms with Crippen LogP contribution in [0.15, 0.2) is 33.9 Å². The third kappa shape index (κ3) is 3.87. The smallest absolute Gasteiger partial charge is 0.338 e. The van der Waals surface area contributed by atoms with Crippen molar-refractivity contribution in [1.82, 2.24) is 10.6 Å². The van der Waals surface area contributed by atoms with E-state index < -0.39 is 12.0 Å². The van der Waals surface area contributed by atoms with Gasteiger partial charge in [-0.15, -0.1) is 0 Å². The fourth-order valence-corrected chi connectivity index (χ4v) is 3.19. The van der Waals surface area contributed by atoms with Crippen molar-refractivity contribution < 1.29 is 19.1 Å². The number of carbonyl (C=O) groups is 2. The standard InChI is InChI=1S/C15H16Br2N2O4/c1-3-23-14(20)12-11(7-16)18-15(21)19-13(12)9-6-8(22-2)4-5-10(9)17/h4-6,13H,3,7H2,1-2H3,(H2,18,19,21)/t13-/m1/s1. The molecule has 2 rings (SSSR count). The summed E-state index contributed by atoms with van der Waals surface area (Å²) in [6.07, 6.45) is 0. The molecule has 1 atom stereocenters. The van der Waals surface area contributed by atoms with Crippen molar-refractivity contribution in [3.8, 4) is 5.75 Å². The lowest BCUT2D eigenvalue weighted by Crippen LogP contribution is -2.46. The Morgan fingerprint density at radius 2 is 2.13 bits per heavy atom. The highest BCUT2D eigenvalue weighted by molar-refractivity contribution is 9.10. The van der Waals surface area contributed by atoms with Gasteiger partial charge in [0.25, 0.3) is 0 Å². The molecule has 0 aliphatic carbocycles. The Bertz CT molecular complexity index is 661. The number of hydrogen-bond acceptors (Lipinski definition) is 4. The maximum absolute atomic E-state index is 12.4. The fraction of sp³-hybridized carbons (Fsp3) is 0.333. The maximum Gasteiger partial charge on any atom is 0.338 e. The van der Waals surface area contributed by atoms with E-state index in [0.29, 0.717) is 27.9 Å². The van der Waals surface area contributed by atoms with Crippen LogP contribution < -0.4 is 15.4 Å². The molecule has 1 aromatic carbocycles. The topological polar surface area (TPSA) is 76.7 Å². The molecule has 0 spiro atoms. The van der Waals surface area contributed by atoms with E-state index in [1.165, 1.54) is 0 Å². The van der Waals surface area contributed by atoms with Crippen LogP contribution in [-0.4, -0.2) is 31.0 Å². The summed E-state index contributed by atoms with van der Waals surface area (Å²) in [6, 6.07) is 4.34. The first-order chi connectivity index (χ1) is 11.0. The van der Waals surface area contributed by atoms with Crippen LogP contribution in [0.1, 0.15) is 18.5 Å². The van der Waals surface area contributed by atoms with Gasteiger partial charge in [0, 0.05) is 15.5 Å². The van der Waals surface area contributed by atoms with Crippen LogP contribution in [0.3, 0.4) is 0 Å². The van der Waals surface area contributed by atoms with Gasteiger partial charge < -0.3 is 20.1 Å². The average Bonchev–Trinajstić information content (AvgIpc) is 2.54. The van der Waals surface area contributed by atoms with Gasteiger partial charge in [-0.3, -0.25) is 0 Å². The van der Waals surface area contributed by atoms with E-state index in [1.807, 2.05) is 0 Å². The van der Waals surface area contributed by atoms with Crippen LogP contribution >= 0.6 is 31.9 Å². The number of alkyl halides is 1. The first-order valence-electron chi connectivity index (χ1n) is 6.88. The summed E-state index contributed by atoms with van der Waals surface area (Å²) >= 11 is 6.76. The molecule has 8 heteroatoms. The molecule has 2 amide bonds. The summed E-state index contributed by atoms with van der Waals surface area (Å²) in [6.45, 7) is 1.98. The zero-order valence-corrected chi connectivity index (χ0v) is 15.8. The number of allylic oxidation sites excluding steroid dienone is 1. The molecule has 0 aromatic heterocycles. The third-order valence-electron chi connectivity index (χ3n) is 3.30. The number of esters is 1. The van der Waals surface area contributed by atoms with E-state index in [4.69, 9.17) is 9.47 Å². The molecule has 0 radical (unpaired) electrons. The Labute approximate surface area is 150 Å².